The molecule has 1 heterocycles. The van der Waals surface area contributed by atoms with Crippen LogP contribution in [-0.2, 0) is 9.53 Å². The SMILES string of the molecule is O=C(O)C1COCC2=CCCC21. The van der Waals surface area contributed by atoms with Crippen molar-refractivity contribution in [2.75, 3.05) is 13.2 Å². The first kappa shape index (κ1) is 7.80. The average molecular weight is 168 g/mol. The first-order valence-electron chi connectivity index (χ1n) is 4.28. The number of fused-ring (bicyclic) bond motifs is 1. The Bertz CT molecular complexity index is 232. The van der Waals surface area contributed by atoms with Crippen LogP contribution in [0.3, 0.4) is 0 Å². The van der Waals surface area contributed by atoms with Crippen LogP contribution < -0.4 is 0 Å². The lowest BCUT2D eigenvalue weighted by atomic mass is 9.86. The van der Waals surface area contributed by atoms with Crippen molar-refractivity contribution in [3.05, 3.63) is 11.6 Å². The van der Waals surface area contributed by atoms with E-state index in [2.05, 4.69) is 6.08 Å². The molecule has 1 N–H and O–H groups in total. The van der Waals surface area contributed by atoms with Gasteiger partial charge in [-0.05, 0) is 24.3 Å². The van der Waals surface area contributed by atoms with Crippen LogP contribution in [0.5, 0.6) is 0 Å². The molecule has 0 spiro atoms. The highest BCUT2D eigenvalue weighted by Crippen LogP contribution is 2.35. The maximum atomic E-state index is 10.8. The van der Waals surface area contributed by atoms with Gasteiger partial charge in [-0.2, -0.15) is 0 Å². The molecule has 1 saturated heterocycles. The molecule has 2 atom stereocenters. The standard InChI is InChI=1S/C9H12O3/c10-9(11)8-5-12-4-6-2-1-3-7(6)8/h2,7-8H,1,3-5H2,(H,10,11). The smallest absolute Gasteiger partial charge is 0.309 e. The van der Waals surface area contributed by atoms with E-state index in [1.807, 2.05) is 0 Å². The summed E-state index contributed by atoms with van der Waals surface area (Å²) in [5.74, 6) is -0.753. The molecule has 0 saturated carbocycles. The lowest BCUT2D eigenvalue weighted by Crippen LogP contribution is -2.33. The van der Waals surface area contributed by atoms with Crippen molar-refractivity contribution in [3.8, 4) is 0 Å². The van der Waals surface area contributed by atoms with E-state index >= 15 is 0 Å². The minimum atomic E-state index is -0.715. The number of aliphatic carboxylic acids is 1. The number of rotatable bonds is 1. The molecule has 2 unspecified atom stereocenters. The third-order valence-electron chi connectivity index (χ3n) is 2.73. The second-order valence-electron chi connectivity index (χ2n) is 3.42. The Morgan fingerprint density at radius 1 is 1.67 bits per heavy atom. The monoisotopic (exact) mass is 168 g/mol. The molecule has 0 amide bonds. The summed E-state index contributed by atoms with van der Waals surface area (Å²) < 4.78 is 5.21. The van der Waals surface area contributed by atoms with E-state index in [4.69, 9.17) is 9.84 Å². The van der Waals surface area contributed by atoms with Gasteiger partial charge in [0.25, 0.3) is 0 Å². The van der Waals surface area contributed by atoms with Crippen LogP contribution in [0.15, 0.2) is 11.6 Å². The second kappa shape index (κ2) is 2.90. The van der Waals surface area contributed by atoms with Crippen molar-refractivity contribution in [1.82, 2.24) is 0 Å². The molecule has 2 rings (SSSR count). The molecule has 1 fully saturated rings. The van der Waals surface area contributed by atoms with E-state index in [9.17, 15) is 4.79 Å². The van der Waals surface area contributed by atoms with Gasteiger partial charge in [-0.1, -0.05) is 6.08 Å². The Morgan fingerprint density at radius 2 is 2.50 bits per heavy atom. The van der Waals surface area contributed by atoms with E-state index in [1.165, 1.54) is 5.57 Å². The fraction of sp³-hybridized carbons (Fsp3) is 0.667. The van der Waals surface area contributed by atoms with Gasteiger partial charge >= 0.3 is 5.97 Å². The zero-order valence-corrected chi connectivity index (χ0v) is 6.82. The fourth-order valence-electron chi connectivity index (χ4n) is 2.07. The Hall–Kier alpha value is -0.830. The van der Waals surface area contributed by atoms with Crippen molar-refractivity contribution in [2.45, 2.75) is 12.8 Å². The summed E-state index contributed by atoms with van der Waals surface area (Å²) in [5.41, 5.74) is 1.20. The topological polar surface area (TPSA) is 46.5 Å². The van der Waals surface area contributed by atoms with E-state index < -0.39 is 5.97 Å². The van der Waals surface area contributed by atoms with Crippen molar-refractivity contribution in [3.63, 3.8) is 0 Å². The maximum Gasteiger partial charge on any atom is 0.309 e. The van der Waals surface area contributed by atoms with Gasteiger partial charge in [-0.25, -0.2) is 0 Å². The molecule has 0 aromatic carbocycles. The molecule has 0 aromatic heterocycles. The lowest BCUT2D eigenvalue weighted by molar-refractivity contribution is -0.147. The number of carboxylic acid groups (broad SMARTS) is 1. The third-order valence-corrected chi connectivity index (χ3v) is 2.73. The quantitative estimate of drug-likeness (QED) is 0.595. The number of carbonyl (C=O) groups is 1. The minimum Gasteiger partial charge on any atom is -0.481 e. The van der Waals surface area contributed by atoms with Crippen LogP contribution in [0.2, 0.25) is 0 Å². The van der Waals surface area contributed by atoms with Gasteiger partial charge in [0, 0.05) is 0 Å². The third kappa shape index (κ3) is 1.14. The molecule has 66 valence electrons. The highest BCUT2D eigenvalue weighted by Gasteiger charge is 2.36. The van der Waals surface area contributed by atoms with Crippen molar-refractivity contribution in [1.29, 1.82) is 0 Å². The summed E-state index contributed by atoms with van der Waals surface area (Å²) in [6, 6.07) is 0. The summed E-state index contributed by atoms with van der Waals surface area (Å²) in [4.78, 5) is 10.8. The number of allylic oxidation sites excluding steroid dienone is 1. The van der Waals surface area contributed by atoms with Gasteiger partial charge in [0.2, 0.25) is 0 Å². The molecule has 3 nitrogen and oxygen atoms in total. The van der Waals surface area contributed by atoms with Crippen molar-refractivity contribution in [2.24, 2.45) is 11.8 Å². The van der Waals surface area contributed by atoms with Crippen LogP contribution in [0.4, 0.5) is 0 Å². The van der Waals surface area contributed by atoms with Gasteiger partial charge in [-0.15, -0.1) is 0 Å². The van der Waals surface area contributed by atoms with Gasteiger partial charge in [-0.3, -0.25) is 4.79 Å². The molecule has 12 heavy (non-hydrogen) atoms. The molecular formula is C9H12O3. The van der Waals surface area contributed by atoms with Crippen molar-refractivity contribution >= 4 is 5.97 Å². The second-order valence-corrected chi connectivity index (χ2v) is 3.42. The van der Waals surface area contributed by atoms with Crippen LogP contribution in [0.1, 0.15) is 12.8 Å². The van der Waals surface area contributed by atoms with E-state index in [1.54, 1.807) is 0 Å². The molecule has 3 heteroatoms. The van der Waals surface area contributed by atoms with Gasteiger partial charge in [0.15, 0.2) is 0 Å². The minimum absolute atomic E-state index is 0.260. The average Bonchev–Trinajstić information content (AvgIpc) is 2.49. The zero-order chi connectivity index (χ0) is 8.55. The van der Waals surface area contributed by atoms with Gasteiger partial charge in [0.05, 0.1) is 19.1 Å². The molecule has 2 aliphatic rings. The fourth-order valence-corrected chi connectivity index (χ4v) is 2.07. The first-order chi connectivity index (χ1) is 5.79. The number of hydrogen-bond acceptors (Lipinski definition) is 2. The molecule has 1 aliphatic heterocycles. The maximum absolute atomic E-state index is 10.8. The normalized spacial score (nSPS) is 34.2. The summed E-state index contributed by atoms with van der Waals surface area (Å²) in [5, 5.41) is 8.88. The lowest BCUT2D eigenvalue weighted by Gasteiger charge is -2.27. The number of carboxylic acids is 1. The molecule has 0 radical (unpaired) electrons. The largest absolute Gasteiger partial charge is 0.481 e. The highest BCUT2D eigenvalue weighted by atomic mass is 16.5. The van der Waals surface area contributed by atoms with Crippen LogP contribution in [-0.4, -0.2) is 24.3 Å². The van der Waals surface area contributed by atoms with Crippen LogP contribution in [0, 0.1) is 11.8 Å². The zero-order valence-electron chi connectivity index (χ0n) is 6.82. The van der Waals surface area contributed by atoms with Crippen LogP contribution in [0.25, 0.3) is 0 Å². The van der Waals surface area contributed by atoms with Gasteiger partial charge in [0.1, 0.15) is 0 Å². The highest BCUT2D eigenvalue weighted by molar-refractivity contribution is 5.71. The van der Waals surface area contributed by atoms with Crippen LogP contribution >= 0.6 is 0 Å². The molecule has 1 aliphatic carbocycles. The Labute approximate surface area is 71.0 Å². The predicted molar refractivity (Wildman–Crippen MR) is 42.8 cm³/mol. The van der Waals surface area contributed by atoms with E-state index in [-0.39, 0.29) is 11.8 Å². The van der Waals surface area contributed by atoms with E-state index in [0.29, 0.717) is 13.2 Å². The summed E-state index contributed by atoms with van der Waals surface area (Å²) in [6.45, 7) is 1.03. The molecule has 0 aromatic rings. The molecule has 0 bridgehead atoms. The summed E-state index contributed by atoms with van der Waals surface area (Å²) >= 11 is 0. The number of ether oxygens (including phenoxy) is 1. The van der Waals surface area contributed by atoms with E-state index in [0.717, 1.165) is 12.8 Å². The van der Waals surface area contributed by atoms with Crippen molar-refractivity contribution < 1.29 is 14.6 Å². The first-order valence-corrected chi connectivity index (χ1v) is 4.28. The summed E-state index contributed by atoms with van der Waals surface area (Å²) in [7, 11) is 0. The summed E-state index contributed by atoms with van der Waals surface area (Å²) in [6.07, 6.45) is 4.14. The number of hydrogen-bond donors (Lipinski definition) is 1. The Morgan fingerprint density at radius 3 is 3.25 bits per heavy atom. The predicted octanol–water partition coefficient (Wildman–Crippen LogP) is 1.05. The molecular weight excluding hydrogens is 156 g/mol. The Balaban J connectivity index is 2.15. The Kier molecular flexibility index (Phi) is 1.89. The van der Waals surface area contributed by atoms with Gasteiger partial charge < -0.3 is 9.84 Å².